The van der Waals surface area contributed by atoms with Crippen LogP contribution in [0, 0.1) is 11.2 Å². The van der Waals surface area contributed by atoms with Gasteiger partial charge < -0.3 is 15.5 Å². The molecule has 1 amide bonds. The minimum atomic E-state index is -5.08. The first kappa shape index (κ1) is 29.7. The second kappa shape index (κ2) is 10.3. The van der Waals surface area contributed by atoms with Crippen molar-refractivity contribution in [2.45, 2.75) is 56.8 Å². The Hall–Kier alpha value is -2.89. The number of fused-ring (bicyclic) bond motifs is 2. The number of halogens is 6. The molecule has 4 rings (SSSR count). The van der Waals surface area contributed by atoms with Gasteiger partial charge in [-0.3, -0.25) is 14.9 Å². The Bertz CT molecular complexity index is 1280. The van der Waals surface area contributed by atoms with E-state index in [-0.39, 0.29) is 16.3 Å². The number of carboxylic acids is 2. The predicted octanol–water partition coefficient (Wildman–Crippen LogP) is 5.60. The highest BCUT2D eigenvalue weighted by atomic mass is 35.5. The average molecular weight is 579 g/mol. The highest BCUT2D eigenvalue weighted by molar-refractivity contribution is 6.31. The molecule has 4 unspecified atom stereocenters. The van der Waals surface area contributed by atoms with E-state index in [1.807, 2.05) is 20.8 Å². The van der Waals surface area contributed by atoms with Crippen LogP contribution in [-0.2, 0) is 19.8 Å². The smallest absolute Gasteiger partial charge is 0.480 e. The molecule has 0 bridgehead atoms. The average Bonchev–Trinajstić information content (AvgIpc) is 3.24. The van der Waals surface area contributed by atoms with Crippen molar-refractivity contribution in [1.82, 2.24) is 5.32 Å². The minimum Gasteiger partial charge on any atom is -0.480 e. The third-order valence-electron chi connectivity index (χ3n) is 6.43. The lowest BCUT2D eigenvalue weighted by atomic mass is 9.62. The monoisotopic (exact) mass is 578 g/mol. The van der Waals surface area contributed by atoms with Crippen LogP contribution < -0.4 is 10.6 Å². The summed E-state index contributed by atoms with van der Waals surface area (Å²) in [7, 11) is 0. The number of hydrogen-bond donors (Lipinski definition) is 4. The Kier molecular flexibility index (Phi) is 8.08. The van der Waals surface area contributed by atoms with E-state index in [4.69, 9.17) is 33.1 Å². The van der Waals surface area contributed by atoms with Crippen molar-refractivity contribution in [3.63, 3.8) is 0 Å². The van der Waals surface area contributed by atoms with Crippen molar-refractivity contribution < 1.29 is 42.2 Å². The van der Waals surface area contributed by atoms with Crippen LogP contribution in [0.1, 0.15) is 44.2 Å². The Morgan fingerprint density at radius 2 is 1.66 bits per heavy atom. The number of aliphatic carboxylic acids is 2. The van der Waals surface area contributed by atoms with E-state index < -0.39 is 47.3 Å². The molecule has 2 aromatic carbocycles. The molecule has 1 saturated heterocycles. The summed E-state index contributed by atoms with van der Waals surface area (Å²) in [6.45, 7) is 6.11. The van der Waals surface area contributed by atoms with Crippen molar-refractivity contribution in [2.75, 3.05) is 5.32 Å². The van der Waals surface area contributed by atoms with Crippen LogP contribution >= 0.6 is 23.2 Å². The molecule has 2 heterocycles. The van der Waals surface area contributed by atoms with Crippen LogP contribution in [0.5, 0.6) is 0 Å². The lowest BCUT2D eigenvalue weighted by Crippen LogP contribution is -2.49. The molecule has 0 radical (unpaired) electrons. The molecule has 2 aliphatic rings. The maximum atomic E-state index is 13.9. The van der Waals surface area contributed by atoms with Gasteiger partial charge >= 0.3 is 18.1 Å². The number of hydrogen-bond acceptors (Lipinski definition) is 4. The molecule has 2 aliphatic heterocycles. The first-order valence-corrected chi connectivity index (χ1v) is 12.0. The highest BCUT2D eigenvalue weighted by Crippen LogP contribution is 2.56. The Balaban J connectivity index is 0.000000505. The first-order valence-electron chi connectivity index (χ1n) is 11.2. The van der Waals surface area contributed by atoms with Crippen LogP contribution in [0.3, 0.4) is 0 Å². The van der Waals surface area contributed by atoms with Gasteiger partial charge in [0.15, 0.2) is 0 Å². The molecule has 1 fully saturated rings. The number of anilines is 1. The molecule has 0 aliphatic carbocycles. The Labute approximate surface area is 225 Å². The zero-order valence-electron chi connectivity index (χ0n) is 20.3. The van der Waals surface area contributed by atoms with Crippen molar-refractivity contribution in [1.29, 1.82) is 0 Å². The summed E-state index contributed by atoms with van der Waals surface area (Å²) < 4.78 is 45.6. The van der Waals surface area contributed by atoms with E-state index in [1.54, 1.807) is 18.2 Å². The van der Waals surface area contributed by atoms with Gasteiger partial charge in [0.1, 0.15) is 17.3 Å². The number of benzene rings is 2. The number of carboxylic acid groups (broad SMARTS) is 2. The normalized spacial score (nSPS) is 24.4. The van der Waals surface area contributed by atoms with Gasteiger partial charge in [0, 0.05) is 22.7 Å². The quantitative estimate of drug-likeness (QED) is 0.352. The maximum Gasteiger partial charge on any atom is 0.490 e. The van der Waals surface area contributed by atoms with Gasteiger partial charge in [-0.25, -0.2) is 9.18 Å². The zero-order chi connectivity index (χ0) is 28.8. The first-order chi connectivity index (χ1) is 17.4. The standard InChI is InChI=1S/C23H23Cl2FN2O3.C2HF3O2/c1-22(2,3)10-17-23(13-6-5-12(24)9-16(13)27-21(23)31)18(19(28-17)20(29)30)11-4-7-15(26)14(25)8-11;3-2(4,5)1(6)7/h4-9,17-19,28H,10H2,1-3H3,(H,27,31)(H,29,30);(H,6,7). The topological polar surface area (TPSA) is 116 Å². The van der Waals surface area contributed by atoms with Crippen LogP contribution in [0.4, 0.5) is 23.2 Å². The van der Waals surface area contributed by atoms with Crippen LogP contribution in [0.15, 0.2) is 36.4 Å². The molecule has 1 spiro atoms. The third-order valence-corrected chi connectivity index (χ3v) is 6.96. The van der Waals surface area contributed by atoms with Crippen LogP contribution in [0.25, 0.3) is 0 Å². The summed E-state index contributed by atoms with van der Waals surface area (Å²) in [6, 6.07) is 7.71. The van der Waals surface area contributed by atoms with Crippen molar-refractivity contribution in [2.24, 2.45) is 5.41 Å². The molecule has 206 valence electrons. The number of carbonyl (C=O) groups is 3. The summed E-state index contributed by atoms with van der Waals surface area (Å²) in [5.41, 5.74) is 0.302. The SMILES string of the molecule is CC(C)(C)CC1NC(C(=O)O)C(c2ccc(F)c(Cl)c2)C12C(=O)Nc1cc(Cl)ccc12.O=C(O)C(F)(F)F. The molecule has 0 aromatic heterocycles. The third kappa shape index (κ3) is 5.60. The lowest BCUT2D eigenvalue weighted by Gasteiger charge is -2.37. The largest absolute Gasteiger partial charge is 0.490 e. The van der Waals surface area contributed by atoms with Gasteiger partial charge in [-0.05, 0) is 47.2 Å². The van der Waals surface area contributed by atoms with E-state index in [9.17, 15) is 32.3 Å². The molecule has 4 atom stereocenters. The van der Waals surface area contributed by atoms with Gasteiger partial charge in [0.2, 0.25) is 5.91 Å². The number of nitrogens with one attached hydrogen (secondary N) is 2. The summed E-state index contributed by atoms with van der Waals surface area (Å²) in [6.07, 6.45) is -4.54. The van der Waals surface area contributed by atoms with Gasteiger partial charge in [-0.1, -0.05) is 56.1 Å². The van der Waals surface area contributed by atoms with Crippen molar-refractivity contribution in [3.05, 3.63) is 63.4 Å². The number of rotatable bonds is 3. The molecule has 0 saturated carbocycles. The fraction of sp³-hybridized carbons (Fsp3) is 0.400. The van der Waals surface area contributed by atoms with Crippen molar-refractivity contribution >= 4 is 46.7 Å². The van der Waals surface area contributed by atoms with E-state index >= 15 is 0 Å². The fourth-order valence-corrected chi connectivity index (χ4v) is 5.48. The summed E-state index contributed by atoms with van der Waals surface area (Å²) in [5.74, 6) is -5.56. The summed E-state index contributed by atoms with van der Waals surface area (Å²) >= 11 is 12.2. The lowest BCUT2D eigenvalue weighted by molar-refractivity contribution is -0.192. The van der Waals surface area contributed by atoms with E-state index in [2.05, 4.69) is 10.6 Å². The number of carbonyl (C=O) groups excluding carboxylic acids is 1. The molecular weight excluding hydrogens is 555 g/mol. The zero-order valence-corrected chi connectivity index (χ0v) is 21.8. The minimum absolute atomic E-state index is 0.120. The molecule has 2 aromatic rings. The summed E-state index contributed by atoms with van der Waals surface area (Å²) in [4.78, 5) is 34.9. The summed E-state index contributed by atoms with van der Waals surface area (Å²) in [5, 5.41) is 23.7. The molecule has 4 N–H and O–H groups in total. The molecule has 7 nitrogen and oxygen atoms in total. The Morgan fingerprint density at radius 3 is 2.16 bits per heavy atom. The van der Waals surface area contributed by atoms with E-state index in [1.165, 1.54) is 18.2 Å². The second-order valence-electron chi connectivity index (χ2n) is 10.3. The van der Waals surface area contributed by atoms with E-state index in [0.29, 0.717) is 28.3 Å². The molecular formula is C25H24Cl2F4N2O5. The van der Waals surface area contributed by atoms with Gasteiger partial charge in [-0.15, -0.1) is 0 Å². The molecule has 38 heavy (non-hydrogen) atoms. The second-order valence-corrected chi connectivity index (χ2v) is 11.1. The van der Waals surface area contributed by atoms with Gasteiger partial charge in [0.25, 0.3) is 0 Å². The maximum absolute atomic E-state index is 13.9. The van der Waals surface area contributed by atoms with Crippen LogP contribution in [-0.4, -0.2) is 46.3 Å². The van der Waals surface area contributed by atoms with Gasteiger partial charge in [-0.2, -0.15) is 13.2 Å². The van der Waals surface area contributed by atoms with Crippen LogP contribution in [0.2, 0.25) is 10.0 Å². The molecule has 13 heteroatoms. The highest BCUT2D eigenvalue weighted by Gasteiger charge is 2.65. The Morgan fingerprint density at radius 1 is 1.05 bits per heavy atom. The fourth-order valence-electron chi connectivity index (χ4n) is 5.11. The van der Waals surface area contributed by atoms with Gasteiger partial charge in [0.05, 0.1) is 5.02 Å². The van der Waals surface area contributed by atoms with E-state index in [0.717, 1.165) is 0 Å². The van der Waals surface area contributed by atoms with Crippen molar-refractivity contribution in [3.8, 4) is 0 Å². The number of alkyl halides is 3. The number of amides is 1. The predicted molar refractivity (Wildman–Crippen MR) is 132 cm³/mol.